The van der Waals surface area contributed by atoms with Crippen molar-refractivity contribution in [3.63, 3.8) is 0 Å². The van der Waals surface area contributed by atoms with Crippen LogP contribution in [0, 0.1) is 10.1 Å². The Kier molecular flexibility index (Phi) is 2.70. The van der Waals surface area contributed by atoms with Gasteiger partial charge in [-0.15, -0.1) is 0 Å². The molecule has 0 radical (unpaired) electrons. The van der Waals surface area contributed by atoms with E-state index in [2.05, 4.69) is 4.98 Å². The number of pyridine rings is 1. The number of nitro benzene ring substituents is 1. The third-order valence-electron chi connectivity index (χ3n) is 2.40. The van der Waals surface area contributed by atoms with Crippen LogP contribution in [0.4, 0.5) is 5.69 Å². The molecule has 1 heterocycles. The summed E-state index contributed by atoms with van der Waals surface area (Å²) in [7, 11) is 0. The average molecular weight is 232 g/mol. The second-order valence-electron chi connectivity index (χ2n) is 3.50. The van der Waals surface area contributed by atoms with Gasteiger partial charge in [0.2, 0.25) is 0 Å². The molecule has 6 nitrogen and oxygen atoms in total. The van der Waals surface area contributed by atoms with E-state index in [1.807, 2.05) is 0 Å². The van der Waals surface area contributed by atoms with E-state index in [9.17, 15) is 14.9 Å². The number of aromatic nitrogens is 1. The molecular formula is C11H8N2O4. The normalized spacial score (nSPS) is 10.4. The number of hydrogen-bond donors (Lipinski definition) is 1. The molecule has 0 unspecified atom stereocenters. The van der Waals surface area contributed by atoms with Crippen LogP contribution in [0.5, 0.6) is 0 Å². The number of carboxylic acid groups (broad SMARTS) is 1. The van der Waals surface area contributed by atoms with Crippen molar-refractivity contribution in [2.75, 3.05) is 0 Å². The van der Waals surface area contributed by atoms with E-state index in [0.717, 1.165) is 0 Å². The zero-order valence-electron chi connectivity index (χ0n) is 8.66. The van der Waals surface area contributed by atoms with Crippen LogP contribution >= 0.6 is 0 Å². The monoisotopic (exact) mass is 232 g/mol. The number of rotatable bonds is 3. The molecule has 0 bridgehead atoms. The van der Waals surface area contributed by atoms with Gasteiger partial charge >= 0.3 is 5.97 Å². The van der Waals surface area contributed by atoms with Crippen LogP contribution < -0.4 is 0 Å². The standard InChI is InChI=1S/C11H8N2O4/c14-10(15)5-7-1-2-8-6-12-4-3-9(8)11(7)13(16)17/h1-4,6H,5H2,(H,14,15). The molecule has 1 N–H and O–H groups in total. The topological polar surface area (TPSA) is 93.3 Å². The summed E-state index contributed by atoms with van der Waals surface area (Å²) in [5.74, 6) is -1.10. The van der Waals surface area contributed by atoms with Gasteiger partial charge in [-0.3, -0.25) is 19.9 Å². The predicted molar refractivity (Wildman–Crippen MR) is 59.7 cm³/mol. The van der Waals surface area contributed by atoms with Crippen LogP contribution in [-0.4, -0.2) is 21.0 Å². The predicted octanol–water partition coefficient (Wildman–Crippen LogP) is 1.77. The molecule has 0 aliphatic rings. The average Bonchev–Trinajstić information content (AvgIpc) is 2.27. The highest BCUT2D eigenvalue weighted by Gasteiger charge is 2.19. The Labute approximate surface area is 95.7 Å². The minimum atomic E-state index is -1.10. The molecule has 0 fully saturated rings. The third kappa shape index (κ3) is 2.05. The molecule has 6 heteroatoms. The molecule has 0 aliphatic carbocycles. The summed E-state index contributed by atoms with van der Waals surface area (Å²) < 4.78 is 0. The van der Waals surface area contributed by atoms with Gasteiger partial charge in [0.05, 0.1) is 16.7 Å². The number of carbonyl (C=O) groups is 1. The number of carboxylic acids is 1. The lowest BCUT2D eigenvalue weighted by molar-refractivity contribution is -0.383. The lowest BCUT2D eigenvalue weighted by Gasteiger charge is -2.03. The Morgan fingerprint density at radius 2 is 2.18 bits per heavy atom. The van der Waals surface area contributed by atoms with Gasteiger partial charge in [0.25, 0.3) is 5.69 Å². The molecule has 86 valence electrons. The second kappa shape index (κ2) is 4.17. The number of nitrogens with zero attached hydrogens (tertiary/aromatic N) is 2. The lowest BCUT2D eigenvalue weighted by Crippen LogP contribution is -2.04. The van der Waals surface area contributed by atoms with Crippen molar-refractivity contribution in [1.29, 1.82) is 0 Å². The summed E-state index contributed by atoms with van der Waals surface area (Å²) in [6, 6.07) is 4.60. The molecule has 0 spiro atoms. The summed E-state index contributed by atoms with van der Waals surface area (Å²) in [5.41, 5.74) is 0.0356. The molecule has 0 amide bonds. The zero-order chi connectivity index (χ0) is 12.4. The first-order valence-corrected chi connectivity index (χ1v) is 4.81. The zero-order valence-corrected chi connectivity index (χ0v) is 8.66. The van der Waals surface area contributed by atoms with E-state index in [0.29, 0.717) is 10.8 Å². The van der Waals surface area contributed by atoms with Gasteiger partial charge in [0.1, 0.15) is 0 Å². The van der Waals surface area contributed by atoms with Gasteiger partial charge in [-0.05, 0) is 6.07 Å². The van der Waals surface area contributed by atoms with E-state index in [1.54, 1.807) is 6.07 Å². The molecular weight excluding hydrogens is 224 g/mol. The Morgan fingerprint density at radius 1 is 1.41 bits per heavy atom. The quantitative estimate of drug-likeness (QED) is 0.642. The fourth-order valence-electron chi connectivity index (χ4n) is 1.72. The van der Waals surface area contributed by atoms with Gasteiger partial charge < -0.3 is 5.11 Å². The fraction of sp³-hybridized carbons (Fsp3) is 0.0909. The maximum Gasteiger partial charge on any atom is 0.308 e. The SMILES string of the molecule is O=C(O)Cc1ccc2cnccc2c1[N+](=O)[O-]. The number of aliphatic carboxylic acids is 1. The number of fused-ring (bicyclic) bond motifs is 1. The van der Waals surface area contributed by atoms with Crippen LogP contribution in [0.25, 0.3) is 10.8 Å². The highest BCUT2D eigenvalue weighted by atomic mass is 16.6. The summed E-state index contributed by atoms with van der Waals surface area (Å²) in [6.45, 7) is 0. The molecule has 2 rings (SSSR count). The first kappa shape index (κ1) is 11.0. The van der Waals surface area contributed by atoms with E-state index in [-0.39, 0.29) is 17.7 Å². The van der Waals surface area contributed by atoms with E-state index >= 15 is 0 Å². The van der Waals surface area contributed by atoms with Gasteiger partial charge in [-0.1, -0.05) is 12.1 Å². The number of benzene rings is 1. The van der Waals surface area contributed by atoms with Crippen LogP contribution in [-0.2, 0) is 11.2 Å². The van der Waals surface area contributed by atoms with Crippen molar-refractivity contribution in [3.05, 3.63) is 46.3 Å². The van der Waals surface area contributed by atoms with E-state index in [1.165, 1.54) is 24.5 Å². The van der Waals surface area contributed by atoms with Crippen molar-refractivity contribution in [1.82, 2.24) is 4.98 Å². The second-order valence-corrected chi connectivity index (χ2v) is 3.50. The Balaban J connectivity index is 2.72. The molecule has 0 atom stereocenters. The first-order valence-electron chi connectivity index (χ1n) is 4.81. The highest BCUT2D eigenvalue weighted by Crippen LogP contribution is 2.29. The van der Waals surface area contributed by atoms with Crippen molar-refractivity contribution >= 4 is 22.4 Å². The van der Waals surface area contributed by atoms with Crippen molar-refractivity contribution in [3.8, 4) is 0 Å². The fourth-order valence-corrected chi connectivity index (χ4v) is 1.72. The Hall–Kier alpha value is -2.50. The maximum atomic E-state index is 11.0. The minimum Gasteiger partial charge on any atom is -0.481 e. The summed E-state index contributed by atoms with van der Waals surface area (Å²) in [4.78, 5) is 25.0. The summed E-state index contributed by atoms with van der Waals surface area (Å²) >= 11 is 0. The molecule has 1 aromatic carbocycles. The molecule has 1 aromatic heterocycles. The smallest absolute Gasteiger partial charge is 0.308 e. The Bertz CT molecular complexity index is 609. The van der Waals surface area contributed by atoms with E-state index in [4.69, 9.17) is 5.11 Å². The van der Waals surface area contributed by atoms with Crippen LogP contribution in [0.15, 0.2) is 30.6 Å². The van der Waals surface area contributed by atoms with Crippen molar-refractivity contribution in [2.45, 2.75) is 6.42 Å². The Morgan fingerprint density at radius 3 is 2.82 bits per heavy atom. The minimum absolute atomic E-state index is 0.160. The van der Waals surface area contributed by atoms with Gasteiger partial charge in [-0.2, -0.15) is 0 Å². The van der Waals surface area contributed by atoms with Crippen molar-refractivity contribution < 1.29 is 14.8 Å². The maximum absolute atomic E-state index is 11.0. The first-order chi connectivity index (χ1) is 8.09. The van der Waals surface area contributed by atoms with Crippen LogP contribution in [0.3, 0.4) is 0 Å². The largest absolute Gasteiger partial charge is 0.481 e. The molecule has 17 heavy (non-hydrogen) atoms. The molecule has 0 saturated carbocycles. The van der Waals surface area contributed by atoms with Gasteiger partial charge in [-0.25, -0.2) is 0 Å². The summed E-state index contributed by atoms with van der Waals surface area (Å²) in [6.07, 6.45) is 2.58. The van der Waals surface area contributed by atoms with Crippen molar-refractivity contribution in [2.24, 2.45) is 0 Å². The molecule has 0 aliphatic heterocycles. The van der Waals surface area contributed by atoms with Crippen LogP contribution in [0.1, 0.15) is 5.56 Å². The van der Waals surface area contributed by atoms with E-state index < -0.39 is 10.9 Å². The summed E-state index contributed by atoms with van der Waals surface area (Å²) in [5, 5.41) is 20.7. The van der Waals surface area contributed by atoms with Gasteiger partial charge in [0.15, 0.2) is 0 Å². The van der Waals surface area contributed by atoms with Gasteiger partial charge in [0, 0.05) is 23.3 Å². The number of nitro groups is 1. The third-order valence-corrected chi connectivity index (χ3v) is 2.40. The van der Waals surface area contributed by atoms with Crippen LogP contribution in [0.2, 0.25) is 0 Å². The number of hydrogen-bond acceptors (Lipinski definition) is 4. The lowest BCUT2D eigenvalue weighted by atomic mass is 10.0. The molecule has 2 aromatic rings. The highest BCUT2D eigenvalue weighted by molar-refractivity contribution is 5.92. The molecule has 0 saturated heterocycles.